The van der Waals surface area contributed by atoms with Crippen molar-refractivity contribution in [2.75, 3.05) is 31.3 Å². The maximum atomic E-state index is 12.2. The molecule has 30 heavy (non-hydrogen) atoms. The molecule has 0 saturated carbocycles. The molecule has 2 N–H and O–H groups in total. The molecule has 0 atom stereocenters. The van der Waals surface area contributed by atoms with Crippen LogP contribution in [-0.2, 0) is 24.4 Å². The summed E-state index contributed by atoms with van der Waals surface area (Å²) in [5.41, 5.74) is 2.32. The molecule has 0 aliphatic heterocycles. The quantitative estimate of drug-likeness (QED) is 0.490. The number of benzene rings is 2. The first-order chi connectivity index (χ1) is 14.1. The SMILES string of the molecule is CC(=O)Nc1ccc(C(C)=NOCC(=O)Nc2cccc(S(=O)(=O)N(C)C)c2)cc1. The third kappa shape index (κ3) is 6.39. The van der Waals surface area contributed by atoms with Crippen molar-refractivity contribution in [3.05, 3.63) is 54.1 Å². The van der Waals surface area contributed by atoms with E-state index in [2.05, 4.69) is 15.8 Å². The Hall–Kier alpha value is -3.24. The molecule has 0 heterocycles. The number of hydrogen-bond acceptors (Lipinski definition) is 6. The minimum Gasteiger partial charge on any atom is -0.385 e. The van der Waals surface area contributed by atoms with E-state index < -0.39 is 15.9 Å². The molecule has 0 unspecified atom stereocenters. The maximum Gasteiger partial charge on any atom is 0.265 e. The molecule has 0 fully saturated rings. The summed E-state index contributed by atoms with van der Waals surface area (Å²) in [6, 6.07) is 12.9. The summed E-state index contributed by atoms with van der Waals surface area (Å²) in [5.74, 6) is -0.640. The van der Waals surface area contributed by atoms with Crippen molar-refractivity contribution >= 4 is 38.9 Å². The Morgan fingerprint density at radius 3 is 2.27 bits per heavy atom. The van der Waals surface area contributed by atoms with E-state index in [0.29, 0.717) is 17.1 Å². The van der Waals surface area contributed by atoms with E-state index in [4.69, 9.17) is 4.84 Å². The number of amides is 2. The van der Waals surface area contributed by atoms with Gasteiger partial charge in [-0.2, -0.15) is 0 Å². The Bertz CT molecular complexity index is 1050. The largest absolute Gasteiger partial charge is 0.385 e. The minimum atomic E-state index is -3.60. The second kappa shape index (κ2) is 9.99. The highest BCUT2D eigenvalue weighted by Gasteiger charge is 2.17. The van der Waals surface area contributed by atoms with Crippen molar-refractivity contribution in [1.82, 2.24) is 4.31 Å². The van der Waals surface area contributed by atoms with Gasteiger partial charge in [-0.15, -0.1) is 0 Å². The number of sulfonamides is 1. The van der Waals surface area contributed by atoms with Gasteiger partial charge >= 0.3 is 0 Å². The maximum absolute atomic E-state index is 12.2. The van der Waals surface area contributed by atoms with E-state index in [-0.39, 0.29) is 17.4 Å². The average Bonchev–Trinajstić information content (AvgIpc) is 2.68. The van der Waals surface area contributed by atoms with Gasteiger partial charge in [0, 0.05) is 32.4 Å². The van der Waals surface area contributed by atoms with Gasteiger partial charge in [0.05, 0.1) is 10.6 Å². The minimum absolute atomic E-state index is 0.0720. The lowest BCUT2D eigenvalue weighted by Gasteiger charge is -2.12. The van der Waals surface area contributed by atoms with Crippen LogP contribution in [0.15, 0.2) is 58.6 Å². The molecule has 0 radical (unpaired) electrons. The summed E-state index contributed by atoms with van der Waals surface area (Å²) in [6.45, 7) is 2.81. The van der Waals surface area contributed by atoms with Gasteiger partial charge < -0.3 is 15.5 Å². The first kappa shape index (κ1) is 23.0. The fourth-order valence-corrected chi connectivity index (χ4v) is 3.33. The number of carbonyl (C=O) groups excluding carboxylic acids is 2. The summed E-state index contributed by atoms with van der Waals surface area (Å²) < 4.78 is 25.4. The van der Waals surface area contributed by atoms with Crippen LogP contribution in [0.5, 0.6) is 0 Å². The van der Waals surface area contributed by atoms with Crippen LogP contribution in [0.2, 0.25) is 0 Å². The highest BCUT2D eigenvalue weighted by molar-refractivity contribution is 7.89. The van der Waals surface area contributed by atoms with Gasteiger partial charge in [-0.1, -0.05) is 23.4 Å². The topological polar surface area (TPSA) is 117 Å². The first-order valence-electron chi connectivity index (χ1n) is 8.96. The molecule has 0 spiro atoms. The predicted octanol–water partition coefficient (Wildman–Crippen LogP) is 2.27. The zero-order valence-corrected chi connectivity index (χ0v) is 18.0. The fraction of sp³-hybridized carbons (Fsp3) is 0.250. The molecule has 2 aromatic carbocycles. The fourth-order valence-electron chi connectivity index (χ4n) is 2.38. The van der Waals surface area contributed by atoms with Gasteiger partial charge in [-0.25, -0.2) is 12.7 Å². The summed E-state index contributed by atoms with van der Waals surface area (Å²) in [7, 11) is -0.733. The normalized spacial score (nSPS) is 11.8. The molecule has 160 valence electrons. The van der Waals surface area contributed by atoms with E-state index in [9.17, 15) is 18.0 Å². The Balaban J connectivity index is 1.94. The van der Waals surface area contributed by atoms with E-state index in [1.54, 1.807) is 43.3 Å². The summed E-state index contributed by atoms with van der Waals surface area (Å²) in [6.07, 6.45) is 0. The van der Waals surface area contributed by atoms with Crippen molar-refractivity contribution in [3.8, 4) is 0 Å². The highest BCUT2D eigenvalue weighted by Crippen LogP contribution is 2.18. The molecule has 2 aromatic rings. The number of nitrogens with one attached hydrogen (secondary N) is 2. The molecular weight excluding hydrogens is 408 g/mol. The van der Waals surface area contributed by atoms with Gasteiger partial charge in [0.2, 0.25) is 15.9 Å². The Labute approximate surface area is 175 Å². The summed E-state index contributed by atoms with van der Waals surface area (Å²) in [5, 5.41) is 9.16. The molecule has 0 bridgehead atoms. The van der Waals surface area contributed by atoms with Crippen LogP contribution in [-0.4, -0.2) is 51.0 Å². The van der Waals surface area contributed by atoms with Gasteiger partial charge in [0.15, 0.2) is 6.61 Å². The molecule has 2 rings (SSSR count). The van der Waals surface area contributed by atoms with Crippen LogP contribution in [0, 0.1) is 0 Å². The zero-order chi connectivity index (χ0) is 22.3. The van der Waals surface area contributed by atoms with E-state index in [0.717, 1.165) is 9.87 Å². The van der Waals surface area contributed by atoms with Gasteiger partial charge in [0.25, 0.3) is 5.91 Å². The van der Waals surface area contributed by atoms with Crippen LogP contribution in [0.1, 0.15) is 19.4 Å². The molecule has 0 saturated heterocycles. The van der Waals surface area contributed by atoms with Crippen LogP contribution in [0.25, 0.3) is 0 Å². The van der Waals surface area contributed by atoms with Crippen LogP contribution in [0.3, 0.4) is 0 Å². The van der Waals surface area contributed by atoms with Crippen LogP contribution in [0.4, 0.5) is 11.4 Å². The zero-order valence-electron chi connectivity index (χ0n) is 17.2. The first-order valence-corrected chi connectivity index (χ1v) is 10.4. The van der Waals surface area contributed by atoms with Gasteiger partial charge in [-0.05, 0) is 42.8 Å². The lowest BCUT2D eigenvalue weighted by molar-refractivity contribution is -0.120. The Kier molecular flexibility index (Phi) is 7.67. The average molecular weight is 433 g/mol. The van der Waals surface area contributed by atoms with E-state index in [1.807, 2.05) is 0 Å². The van der Waals surface area contributed by atoms with E-state index in [1.165, 1.54) is 33.2 Å². The lowest BCUT2D eigenvalue weighted by atomic mass is 10.1. The summed E-state index contributed by atoms with van der Waals surface area (Å²) in [4.78, 5) is 28.3. The molecule has 0 aliphatic carbocycles. The number of carbonyl (C=O) groups is 2. The number of rotatable bonds is 8. The Morgan fingerprint density at radius 2 is 1.67 bits per heavy atom. The van der Waals surface area contributed by atoms with Gasteiger partial charge in [-0.3, -0.25) is 9.59 Å². The van der Waals surface area contributed by atoms with E-state index >= 15 is 0 Å². The molecule has 0 aromatic heterocycles. The highest BCUT2D eigenvalue weighted by atomic mass is 32.2. The molecular formula is C20H24N4O5S. The van der Waals surface area contributed by atoms with Crippen molar-refractivity contribution in [3.63, 3.8) is 0 Å². The van der Waals surface area contributed by atoms with Crippen molar-refractivity contribution in [1.29, 1.82) is 0 Å². The standard InChI is InChI=1S/C20H24N4O5S/c1-14(16-8-10-17(11-9-16)21-15(2)25)23-29-13-20(26)22-18-6-5-7-19(12-18)30(27,28)24(3)4/h5-12H,13H2,1-4H3,(H,21,25)(H,22,26). The van der Waals surface area contributed by atoms with Crippen LogP contribution < -0.4 is 10.6 Å². The molecule has 10 heteroatoms. The third-order valence-electron chi connectivity index (χ3n) is 3.92. The van der Waals surface area contributed by atoms with Gasteiger partial charge in [0.1, 0.15) is 0 Å². The van der Waals surface area contributed by atoms with Crippen molar-refractivity contribution in [2.24, 2.45) is 5.16 Å². The second-order valence-electron chi connectivity index (χ2n) is 6.57. The molecule has 0 aliphatic rings. The molecule has 2 amide bonds. The Morgan fingerprint density at radius 1 is 1.00 bits per heavy atom. The van der Waals surface area contributed by atoms with Crippen molar-refractivity contribution in [2.45, 2.75) is 18.7 Å². The summed E-state index contributed by atoms with van der Waals surface area (Å²) >= 11 is 0. The van der Waals surface area contributed by atoms with Crippen LogP contribution >= 0.6 is 0 Å². The predicted molar refractivity (Wildman–Crippen MR) is 115 cm³/mol. The second-order valence-corrected chi connectivity index (χ2v) is 8.72. The smallest absolute Gasteiger partial charge is 0.265 e. The van der Waals surface area contributed by atoms with Crippen molar-refractivity contribution < 1.29 is 22.8 Å². The number of anilines is 2. The molecule has 9 nitrogen and oxygen atoms in total. The lowest BCUT2D eigenvalue weighted by Crippen LogP contribution is -2.22. The monoisotopic (exact) mass is 432 g/mol. The number of hydrogen-bond donors (Lipinski definition) is 2. The number of nitrogens with zero attached hydrogens (tertiary/aromatic N) is 2. The third-order valence-corrected chi connectivity index (χ3v) is 5.73. The number of oxime groups is 1.